The molecule has 86 valence electrons. The minimum Gasteiger partial charge on any atom is -0.300 e. The maximum atomic E-state index is 13.6. The molecule has 3 nitrogen and oxygen atoms in total. The summed E-state index contributed by atoms with van der Waals surface area (Å²) in [5.74, 6) is -0.266. The van der Waals surface area contributed by atoms with Gasteiger partial charge in [-0.2, -0.15) is 5.06 Å². The number of carbonyl (C=O) groups excluding carboxylic acids is 1. The predicted octanol–water partition coefficient (Wildman–Crippen LogP) is 2.09. The molecule has 0 aromatic heterocycles. The molecule has 0 radical (unpaired) electrons. The van der Waals surface area contributed by atoms with E-state index in [0.717, 1.165) is 6.29 Å². The number of rotatable bonds is 2. The number of carbonyl (C=O) groups is 1. The normalized spacial score (nSPS) is 30.6. The van der Waals surface area contributed by atoms with Crippen molar-refractivity contribution < 1.29 is 14.0 Å². The van der Waals surface area contributed by atoms with Gasteiger partial charge < -0.3 is 4.79 Å². The average Bonchev–Trinajstić information content (AvgIpc) is 2.56. The van der Waals surface area contributed by atoms with E-state index in [4.69, 9.17) is 4.84 Å². The van der Waals surface area contributed by atoms with Crippen LogP contribution in [0.3, 0.4) is 0 Å². The lowest BCUT2D eigenvalue weighted by Crippen LogP contribution is -2.27. The summed E-state index contributed by atoms with van der Waals surface area (Å²) in [7, 11) is 1.71. The molecular weight excluding hydrogens is 209 g/mol. The molecule has 1 unspecified atom stereocenters. The number of benzene rings is 1. The van der Waals surface area contributed by atoms with E-state index < -0.39 is 5.60 Å². The van der Waals surface area contributed by atoms with Crippen LogP contribution in [-0.2, 0) is 9.63 Å². The van der Waals surface area contributed by atoms with Gasteiger partial charge in [0.2, 0.25) is 0 Å². The molecule has 1 aromatic carbocycles. The summed E-state index contributed by atoms with van der Waals surface area (Å²) in [6.45, 7) is 1.71. The number of hydrogen-bond acceptors (Lipinski definition) is 3. The summed E-state index contributed by atoms with van der Waals surface area (Å²) < 4.78 is 13.6. The standard InChI is InChI=1S/C12H14FNO2/c1-12(8-15)7-11(14(2)16-12)9-5-3-4-6-10(9)13/h3-6,8,11H,7H2,1-2H3/t11?,12-/m0/s1. The topological polar surface area (TPSA) is 29.5 Å². The quantitative estimate of drug-likeness (QED) is 0.719. The molecule has 0 N–H and O–H groups in total. The first-order valence-corrected chi connectivity index (χ1v) is 5.18. The zero-order valence-electron chi connectivity index (χ0n) is 9.31. The van der Waals surface area contributed by atoms with Gasteiger partial charge in [0.05, 0.1) is 6.04 Å². The van der Waals surface area contributed by atoms with E-state index in [2.05, 4.69) is 0 Å². The first-order valence-electron chi connectivity index (χ1n) is 5.18. The van der Waals surface area contributed by atoms with Crippen LogP contribution < -0.4 is 0 Å². The fraction of sp³-hybridized carbons (Fsp3) is 0.417. The number of aldehydes is 1. The number of halogens is 1. The van der Waals surface area contributed by atoms with Crippen LogP contribution in [0.4, 0.5) is 4.39 Å². The second-order valence-corrected chi connectivity index (χ2v) is 4.31. The zero-order valence-corrected chi connectivity index (χ0v) is 9.31. The molecule has 4 heteroatoms. The van der Waals surface area contributed by atoms with E-state index in [9.17, 15) is 9.18 Å². The molecule has 16 heavy (non-hydrogen) atoms. The van der Waals surface area contributed by atoms with Gasteiger partial charge in [0, 0.05) is 19.0 Å². The Bertz CT molecular complexity index is 410. The van der Waals surface area contributed by atoms with Gasteiger partial charge in [-0.05, 0) is 13.0 Å². The fourth-order valence-corrected chi connectivity index (χ4v) is 2.06. The van der Waals surface area contributed by atoms with Gasteiger partial charge in [-0.15, -0.1) is 0 Å². The molecule has 2 atom stereocenters. The molecule has 2 rings (SSSR count). The Morgan fingerprint density at radius 3 is 2.81 bits per heavy atom. The molecule has 1 aliphatic rings. The fourth-order valence-electron chi connectivity index (χ4n) is 2.06. The zero-order chi connectivity index (χ0) is 11.8. The number of hydroxylamine groups is 2. The van der Waals surface area contributed by atoms with Gasteiger partial charge in [-0.25, -0.2) is 4.39 Å². The smallest absolute Gasteiger partial charge is 0.153 e. The second-order valence-electron chi connectivity index (χ2n) is 4.31. The lowest BCUT2D eigenvalue weighted by Gasteiger charge is -2.18. The molecule has 1 saturated heterocycles. The van der Waals surface area contributed by atoms with Gasteiger partial charge in [-0.3, -0.25) is 4.84 Å². The molecule has 0 bridgehead atoms. The van der Waals surface area contributed by atoms with Crippen LogP contribution in [-0.4, -0.2) is 24.0 Å². The van der Waals surface area contributed by atoms with Gasteiger partial charge in [0.25, 0.3) is 0 Å². The SMILES string of the molecule is CN1O[C@](C)(C=O)CC1c1ccccc1F. The van der Waals surface area contributed by atoms with Crippen molar-refractivity contribution in [2.45, 2.75) is 25.0 Å². The third-order valence-corrected chi connectivity index (χ3v) is 2.90. The minimum atomic E-state index is -0.846. The van der Waals surface area contributed by atoms with Gasteiger partial charge >= 0.3 is 0 Å². The predicted molar refractivity (Wildman–Crippen MR) is 57.1 cm³/mol. The first kappa shape index (κ1) is 11.2. The monoisotopic (exact) mass is 223 g/mol. The van der Waals surface area contributed by atoms with Crippen LogP contribution in [0.25, 0.3) is 0 Å². The Morgan fingerprint density at radius 2 is 2.25 bits per heavy atom. The van der Waals surface area contributed by atoms with Crippen molar-refractivity contribution >= 4 is 6.29 Å². The summed E-state index contributed by atoms with van der Waals surface area (Å²) in [5, 5.41) is 1.55. The third kappa shape index (κ3) is 1.86. The Labute approximate surface area is 93.8 Å². The lowest BCUT2D eigenvalue weighted by molar-refractivity contribution is -0.182. The molecule has 0 saturated carbocycles. The van der Waals surface area contributed by atoms with Crippen LogP contribution in [0.1, 0.15) is 24.9 Å². The highest BCUT2D eigenvalue weighted by Crippen LogP contribution is 2.38. The molecule has 1 fully saturated rings. The van der Waals surface area contributed by atoms with Crippen LogP contribution in [0.15, 0.2) is 24.3 Å². The highest BCUT2D eigenvalue weighted by Gasteiger charge is 2.42. The summed E-state index contributed by atoms with van der Waals surface area (Å²) in [5.41, 5.74) is -0.280. The first-order chi connectivity index (χ1) is 7.56. The van der Waals surface area contributed by atoms with Gasteiger partial charge in [0.15, 0.2) is 6.29 Å². The van der Waals surface area contributed by atoms with E-state index in [1.807, 2.05) is 0 Å². The summed E-state index contributed by atoms with van der Waals surface area (Å²) in [4.78, 5) is 16.3. The van der Waals surface area contributed by atoms with Crippen molar-refractivity contribution in [3.05, 3.63) is 35.6 Å². The van der Waals surface area contributed by atoms with E-state index in [1.165, 1.54) is 6.07 Å². The van der Waals surface area contributed by atoms with Crippen LogP contribution in [0.2, 0.25) is 0 Å². The molecular formula is C12H14FNO2. The average molecular weight is 223 g/mol. The van der Waals surface area contributed by atoms with Gasteiger partial charge in [-0.1, -0.05) is 18.2 Å². The Hall–Kier alpha value is -1.26. The molecule has 0 aliphatic carbocycles. The summed E-state index contributed by atoms with van der Waals surface area (Å²) in [6.07, 6.45) is 1.23. The van der Waals surface area contributed by atoms with E-state index >= 15 is 0 Å². The lowest BCUT2D eigenvalue weighted by atomic mass is 9.95. The van der Waals surface area contributed by atoms with Crippen molar-refractivity contribution in [2.24, 2.45) is 0 Å². The third-order valence-electron chi connectivity index (χ3n) is 2.90. The summed E-state index contributed by atoms with van der Waals surface area (Å²) >= 11 is 0. The van der Waals surface area contributed by atoms with E-state index in [1.54, 1.807) is 37.2 Å². The van der Waals surface area contributed by atoms with Crippen LogP contribution in [0, 0.1) is 5.82 Å². The minimum absolute atomic E-state index is 0.212. The highest BCUT2D eigenvalue weighted by molar-refractivity contribution is 5.62. The number of hydrogen-bond donors (Lipinski definition) is 0. The largest absolute Gasteiger partial charge is 0.300 e. The molecule has 0 amide bonds. The Kier molecular flexibility index (Phi) is 2.78. The Balaban J connectivity index is 2.30. The van der Waals surface area contributed by atoms with Crippen molar-refractivity contribution in [2.75, 3.05) is 7.05 Å². The van der Waals surface area contributed by atoms with Crippen LogP contribution >= 0.6 is 0 Å². The van der Waals surface area contributed by atoms with Crippen molar-refractivity contribution in [3.63, 3.8) is 0 Å². The molecule has 1 heterocycles. The maximum absolute atomic E-state index is 13.6. The van der Waals surface area contributed by atoms with E-state index in [-0.39, 0.29) is 11.9 Å². The molecule has 1 aliphatic heterocycles. The second kappa shape index (κ2) is 3.96. The maximum Gasteiger partial charge on any atom is 0.153 e. The van der Waals surface area contributed by atoms with Crippen molar-refractivity contribution in [3.8, 4) is 0 Å². The van der Waals surface area contributed by atoms with E-state index in [0.29, 0.717) is 12.0 Å². The van der Waals surface area contributed by atoms with Crippen molar-refractivity contribution in [1.82, 2.24) is 5.06 Å². The van der Waals surface area contributed by atoms with Gasteiger partial charge in [0.1, 0.15) is 11.4 Å². The summed E-state index contributed by atoms with van der Waals surface area (Å²) in [6, 6.07) is 6.35. The molecule has 1 aromatic rings. The van der Waals surface area contributed by atoms with Crippen LogP contribution in [0.5, 0.6) is 0 Å². The number of nitrogens with zero attached hydrogens (tertiary/aromatic N) is 1. The Morgan fingerprint density at radius 1 is 1.56 bits per heavy atom. The molecule has 0 spiro atoms. The van der Waals surface area contributed by atoms with Crippen molar-refractivity contribution in [1.29, 1.82) is 0 Å². The highest BCUT2D eigenvalue weighted by atomic mass is 19.1.